The number of benzene rings is 1. The average Bonchev–Trinajstić information content (AvgIpc) is 2.37. The van der Waals surface area contributed by atoms with E-state index in [1.165, 1.54) is 0 Å². The first-order chi connectivity index (χ1) is 9.77. The molecule has 5 nitrogen and oxygen atoms in total. The lowest BCUT2D eigenvalue weighted by molar-refractivity contribution is 0.280. The zero-order valence-corrected chi connectivity index (χ0v) is 14.1. The van der Waals surface area contributed by atoms with Crippen molar-refractivity contribution < 1.29 is 13.5 Å². The molecule has 0 heterocycles. The molecule has 0 amide bonds. The largest absolute Gasteiger partial charge is 0.392 e. The molecule has 1 aromatic rings. The van der Waals surface area contributed by atoms with Crippen molar-refractivity contribution in [3.8, 4) is 0 Å². The van der Waals surface area contributed by atoms with Gasteiger partial charge in [-0.15, -0.1) is 0 Å². The third kappa shape index (κ3) is 5.39. The number of aliphatic hydroxyl groups excluding tert-OH is 1. The highest BCUT2D eigenvalue weighted by Gasteiger charge is 2.17. The standard InChI is InChI=1S/C15H26N2O3S/c1-12-9-13(2)15(10-14(12)11-18)21(19,20)16-7-5-6-8-17(3)4/h9-10,16,18H,5-8,11H2,1-4H3. The summed E-state index contributed by atoms with van der Waals surface area (Å²) in [6.07, 6.45) is 1.75. The summed E-state index contributed by atoms with van der Waals surface area (Å²) in [5, 5.41) is 9.28. The molecule has 0 bridgehead atoms. The van der Waals surface area contributed by atoms with Gasteiger partial charge in [-0.25, -0.2) is 13.1 Å². The molecule has 0 unspecified atom stereocenters. The van der Waals surface area contributed by atoms with Crippen molar-refractivity contribution in [1.29, 1.82) is 0 Å². The summed E-state index contributed by atoms with van der Waals surface area (Å²) in [5.41, 5.74) is 2.25. The molecule has 0 aliphatic carbocycles. The highest BCUT2D eigenvalue weighted by atomic mass is 32.2. The number of sulfonamides is 1. The minimum atomic E-state index is -3.52. The van der Waals surface area contributed by atoms with Crippen LogP contribution in [0.3, 0.4) is 0 Å². The molecule has 0 saturated carbocycles. The van der Waals surface area contributed by atoms with Gasteiger partial charge in [-0.05, 0) is 70.1 Å². The number of nitrogens with one attached hydrogen (secondary N) is 1. The Bertz CT molecular complexity index is 569. The van der Waals surface area contributed by atoms with E-state index in [0.29, 0.717) is 17.7 Å². The van der Waals surface area contributed by atoms with Crippen molar-refractivity contribution in [2.75, 3.05) is 27.2 Å². The second-order valence-corrected chi connectivity index (χ2v) is 7.35. The summed E-state index contributed by atoms with van der Waals surface area (Å²) in [6.45, 7) is 4.85. The summed E-state index contributed by atoms with van der Waals surface area (Å²) in [4.78, 5) is 2.33. The number of nitrogens with zero attached hydrogens (tertiary/aromatic N) is 1. The minimum Gasteiger partial charge on any atom is -0.392 e. The normalized spacial score (nSPS) is 12.1. The van der Waals surface area contributed by atoms with Gasteiger partial charge in [0.05, 0.1) is 11.5 Å². The molecular weight excluding hydrogens is 288 g/mol. The molecule has 0 aliphatic heterocycles. The molecule has 0 fully saturated rings. The van der Waals surface area contributed by atoms with Gasteiger partial charge >= 0.3 is 0 Å². The predicted molar refractivity (Wildman–Crippen MR) is 84.8 cm³/mol. The van der Waals surface area contributed by atoms with Gasteiger partial charge in [-0.2, -0.15) is 0 Å². The van der Waals surface area contributed by atoms with Crippen LogP contribution in [0.15, 0.2) is 17.0 Å². The van der Waals surface area contributed by atoms with Crippen LogP contribution in [0.2, 0.25) is 0 Å². The molecule has 1 rings (SSSR count). The summed E-state index contributed by atoms with van der Waals surface area (Å²) in [5.74, 6) is 0. The Morgan fingerprint density at radius 3 is 2.38 bits per heavy atom. The maximum Gasteiger partial charge on any atom is 0.240 e. The van der Waals surface area contributed by atoms with E-state index in [1.54, 1.807) is 19.1 Å². The first kappa shape index (κ1) is 18.1. The van der Waals surface area contributed by atoms with Crippen LogP contribution >= 0.6 is 0 Å². The maximum absolute atomic E-state index is 12.3. The van der Waals surface area contributed by atoms with Gasteiger partial charge in [0.1, 0.15) is 0 Å². The van der Waals surface area contributed by atoms with Gasteiger partial charge in [0.15, 0.2) is 0 Å². The van der Waals surface area contributed by atoms with Crippen LogP contribution in [0.5, 0.6) is 0 Å². The molecule has 0 spiro atoms. The Balaban J connectivity index is 2.74. The molecule has 6 heteroatoms. The smallest absolute Gasteiger partial charge is 0.240 e. The first-order valence-corrected chi connectivity index (χ1v) is 8.61. The van der Waals surface area contributed by atoms with E-state index >= 15 is 0 Å². The Hall–Kier alpha value is -0.950. The molecular formula is C15H26N2O3S. The van der Waals surface area contributed by atoms with Gasteiger partial charge in [-0.3, -0.25) is 0 Å². The number of rotatable bonds is 8. The molecule has 120 valence electrons. The second-order valence-electron chi connectivity index (χ2n) is 5.61. The molecule has 1 aromatic carbocycles. The lowest BCUT2D eigenvalue weighted by Gasteiger charge is -2.13. The second kappa shape index (κ2) is 7.89. The van der Waals surface area contributed by atoms with E-state index in [4.69, 9.17) is 0 Å². The van der Waals surface area contributed by atoms with Gasteiger partial charge in [0.2, 0.25) is 10.0 Å². The third-order valence-electron chi connectivity index (χ3n) is 3.42. The molecule has 21 heavy (non-hydrogen) atoms. The fraction of sp³-hybridized carbons (Fsp3) is 0.600. The average molecular weight is 314 g/mol. The van der Waals surface area contributed by atoms with E-state index in [1.807, 2.05) is 21.0 Å². The highest BCUT2D eigenvalue weighted by Crippen LogP contribution is 2.20. The Labute approximate surface area is 128 Å². The molecule has 2 N–H and O–H groups in total. The quantitative estimate of drug-likeness (QED) is 0.712. The Morgan fingerprint density at radius 1 is 1.14 bits per heavy atom. The Morgan fingerprint density at radius 2 is 1.81 bits per heavy atom. The minimum absolute atomic E-state index is 0.155. The van der Waals surface area contributed by atoms with Gasteiger partial charge < -0.3 is 10.0 Å². The van der Waals surface area contributed by atoms with Crippen LogP contribution in [0.1, 0.15) is 29.5 Å². The van der Waals surface area contributed by atoms with Crippen molar-refractivity contribution in [3.63, 3.8) is 0 Å². The number of hydrogen-bond donors (Lipinski definition) is 2. The lowest BCUT2D eigenvalue weighted by atomic mass is 10.1. The first-order valence-electron chi connectivity index (χ1n) is 7.13. The van der Waals surface area contributed by atoms with Crippen LogP contribution in [0.4, 0.5) is 0 Å². The van der Waals surface area contributed by atoms with Crippen molar-refractivity contribution in [2.24, 2.45) is 0 Å². The summed E-state index contributed by atoms with van der Waals surface area (Å²) in [7, 11) is 0.477. The number of unbranched alkanes of at least 4 members (excludes halogenated alkanes) is 1. The Kier molecular flexibility index (Phi) is 6.80. The molecule has 0 aliphatic rings. The monoisotopic (exact) mass is 314 g/mol. The molecule has 0 atom stereocenters. The van der Waals surface area contributed by atoms with Crippen LogP contribution in [-0.4, -0.2) is 45.6 Å². The fourth-order valence-electron chi connectivity index (χ4n) is 2.17. The van der Waals surface area contributed by atoms with Crippen LogP contribution in [0, 0.1) is 13.8 Å². The molecule has 0 radical (unpaired) electrons. The molecule has 0 saturated heterocycles. The third-order valence-corrected chi connectivity index (χ3v) is 5.02. The maximum atomic E-state index is 12.3. The van der Waals surface area contributed by atoms with E-state index in [-0.39, 0.29) is 11.5 Å². The SMILES string of the molecule is Cc1cc(C)c(S(=O)(=O)NCCCCN(C)C)cc1CO. The summed E-state index contributed by atoms with van der Waals surface area (Å²) < 4.78 is 27.3. The van der Waals surface area contributed by atoms with Gasteiger partial charge in [0, 0.05) is 6.54 Å². The predicted octanol–water partition coefficient (Wildman–Crippen LogP) is 1.42. The van der Waals surface area contributed by atoms with Crippen molar-refractivity contribution in [1.82, 2.24) is 9.62 Å². The lowest BCUT2D eigenvalue weighted by Crippen LogP contribution is -2.26. The van der Waals surface area contributed by atoms with Crippen molar-refractivity contribution in [2.45, 2.75) is 38.2 Å². The van der Waals surface area contributed by atoms with E-state index in [0.717, 1.165) is 24.9 Å². The van der Waals surface area contributed by atoms with Crippen LogP contribution < -0.4 is 4.72 Å². The van der Waals surface area contributed by atoms with Crippen molar-refractivity contribution in [3.05, 3.63) is 28.8 Å². The topological polar surface area (TPSA) is 69.6 Å². The zero-order chi connectivity index (χ0) is 16.0. The van der Waals surface area contributed by atoms with E-state index in [2.05, 4.69) is 9.62 Å². The van der Waals surface area contributed by atoms with E-state index < -0.39 is 10.0 Å². The fourth-order valence-corrected chi connectivity index (χ4v) is 3.52. The summed E-state index contributed by atoms with van der Waals surface area (Å²) >= 11 is 0. The number of aryl methyl sites for hydroxylation is 2. The van der Waals surface area contributed by atoms with Crippen LogP contribution in [0.25, 0.3) is 0 Å². The zero-order valence-electron chi connectivity index (χ0n) is 13.3. The van der Waals surface area contributed by atoms with Gasteiger partial charge in [-0.1, -0.05) is 6.07 Å². The van der Waals surface area contributed by atoms with Gasteiger partial charge in [0.25, 0.3) is 0 Å². The highest BCUT2D eigenvalue weighted by molar-refractivity contribution is 7.89. The summed E-state index contributed by atoms with van der Waals surface area (Å²) in [6, 6.07) is 3.36. The van der Waals surface area contributed by atoms with E-state index in [9.17, 15) is 13.5 Å². The number of aliphatic hydroxyl groups is 1. The number of hydrogen-bond acceptors (Lipinski definition) is 4. The van der Waals surface area contributed by atoms with Crippen LogP contribution in [-0.2, 0) is 16.6 Å². The molecule has 0 aromatic heterocycles. The van der Waals surface area contributed by atoms with Crippen molar-refractivity contribution >= 4 is 10.0 Å².